The number of ether oxygens (including phenoxy) is 1. The number of nitrogens with one attached hydrogen (secondary N) is 1. The minimum atomic E-state index is -0.0366. The Balaban J connectivity index is 1.46. The molecular formula is C21H26ClN3O2. The molecule has 6 heteroatoms. The summed E-state index contributed by atoms with van der Waals surface area (Å²) in [5, 5.41) is 3.68. The average Bonchev–Trinajstić information content (AvgIpc) is 2.66. The summed E-state index contributed by atoms with van der Waals surface area (Å²) >= 11 is 6.18. The molecule has 1 N–H and O–H groups in total. The van der Waals surface area contributed by atoms with Crippen LogP contribution in [0.4, 0.5) is 5.69 Å². The summed E-state index contributed by atoms with van der Waals surface area (Å²) in [4.78, 5) is 16.6. The fourth-order valence-corrected chi connectivity index (χ4v) is 3.33. The predicted octanol–water partition coefficient (Wildman–Crippen LogP) is 3.24. The Kier molecular flexibility index (Phi) is 7.24. The minimum absolute atomic E-state index is 0.0366. The number of rotatable bonds is 7. The molecule has 0 spiro atoms. The number of carbonyl (C=O) groups excluding carboxylic acids is 1. The van der Waals surface area contributed by atoms with Crippen LogP contribution in [0.5, 0.6) is 0 Å². The fraction of sp³-hybridized carbons (Fsp3) is 0.381. The van der Waals surface area contributed by atoms with E-state index in [0.717, 1.165) is 49.1 Å². The van der Waals surface area contributed by atoms with Crippen molar-refractivity contribution in [1.82, 2.24) is 9.80 Å². The zero-order chi connectivity index (χ0) is 19.1. The highest BCUT2D eigenvalue weighted by Gasteiger charge is 2.12. The third-order valence-corrected chi connectivity index (χ3v) is 4.93. The summed E-state index contributed by atoms with van der Waals surface area (Å²) in [5.74, 6) is -0.0366. The van der Waals surface area contributed by atoms with E-state index in [-0.39, 0.29) is 5.91 Å². The maximum atomic E-state index is 12.3. The van der Waals surface area contributed by atoms with Gasteiger partial charge in [0, 0.05) is 36.9 Å². The van der Waals surface area contributed by atoms with Gasteiger partial charge in [-0.05, 0) is 36.4 Å². The molecule has 0 aromatic heterocycles. The van der Waals surface area contributed by atoms with Crippen LogP contribution in [0, 0.1) is 0 Å². The Labute approximate surface area is 165 Å². The van der Waals surface area contributed by atoms with E-state index in [0.29, 0.717) is 13.1 Å². The molecule has 1 aliphatic rings. The Morgan fingerprint density at radius 3 is 2.56 bits per heavy atom. The van der Waals surface area contributed by atoms with Crippen LogP contribution in [0.25, 0.3) is 0 Å². The molecular weight excluding hydrogens is 362 g/mol. The molecule has 0 unspecified atom stereocenters. The standard InChI is InChI=1S/C21H26ClN3O2/c1-24(15-18-4-2-3-5-20(18)22)16-21(26)23-19-8-6-17(7-9-19)14-25-10-12-27-13-11-25/h2-9H,10-16H2,1H3,(H,23,26). The van der Waals surface area contributed by atoms with Crippen LogP contribution in [0.2, 0.25) is 5.02 Å². The smallest absolute Gasteiger partial charge is 0.238 e. The van der Waals surface area contributed by atoms with E-state index >= 15 is 0 Å². The highest BCUT2D eigenvalue weighted by molar-refractivity contribution is 6.31. The van der Waals surface area contributed by atoms with Crippen LogP contribution in [-0.2, 0) is 22.6 Å². The first-order valence-electron chi connectivity index (χ1n) is 9.21. The molecule has 0 radical (unpaired) electrons. The Morgan fingerprint density at radius 1 is 1.15 bits per heavy atom. The van der Waals surface area contributed by atoms with Gasteiger partial charge < -0.3 is 10.1 Å². The van der Waals surface area contributed by atoms with Gasteiger partial charge in [-0.1, -0.05) is 41.9 Å². The molecule has 144 valence electrons. The van der Waals surface area contributed by atoms with Crippen molar-refractivity contribution < 1.29 is 9.53 Å². The third-order valence-electron chi connectivity index (χ3n) is 4.56. The van der Waals surface area contributed by atoms with Gasteiger partial charge in [-0.25, -0.2) is 0 Å². The molecule has 3 rings (SSSR count). The number of benzene rings is 2. The van der Waals surface area contributed by atoms with Gasteiger partial charge in [0.05, 0.1) is 19.8 Å². The molecule has 0 aliphatic carbocycles. The van der Waals surface area contributed by atoms with Gasteiger partial charge in [-0.15, -0.1) is 0 Å². The number of nitrogens with zero attached hydrogens (tertiary/aromatic N) is 2. The number of anilines is 1. The molecule has 1 aliphatic heterocycles. The molecule has 1 saturated heterocycles. The number of hydrogen-bond donors (Lipinski definition) is 1. The van der Waals surface area contributed by atoms with Crippen molar-refractivity contribution in [3.05, 3.63) is 64.7 Å². The van der Waals surface area contributed by atoms with Gasteiger partial charge in [0.25, 0.3) is 0 Å². The minimum Gasteiger partial charge on any atom is -0.379 e. The third kappa shape index (κ3) is 6.33. The lowest BCUT2D eigenvalue weighted by atomic mass is 10.2. The molecule has 0 atom stereocenters. The van der Waals surface area contributed by atoms with Crippen molar-refractivity contribution in [2.75, 3.05) is 45.2 Å². The van der Waals surface area contributed by atoms with Crippen LogP contribution in [0.15, 0.2) is 48.5 Å². The van der Waals surface area contributed by atoms with E-state index < -0.39 is 0 Å². The van der Waals surface area contributed by atoms with Crippen LogP contribution in [0.3, 0.4) is 0 Å². The summed E-state index contributed by atoms with van der Waals surface area (Å²) in [5.41, 5.74) is 3.07. The maximum Gasteiger partial charge on any atom is 0.238 e. The zero-order valence-electron chi connectivity index (χ0n) is 15.7. The van der Waals surface area contributed by atoms with Crippen molar-refractivity contribution in [2.24, 2.45) is 0 Å². The second-order valence-corrected chi connectivity index (χ2v) is 7.30. The van der Waals surface area contributed by atoms with Gasteiger partial charge in [0.1, 0.15) is 0 Å². The van der Waals surface area contributed by atoms with E-state index in [4.69, 9.17) is 16.3 Å². The summed E-state index contributed by atoms with van der Waals surface area (Å²) in [6.07, 6.45) is 0. The summed E-state index contributed by atoms with van der Waals surface area (Å²) in [6, 6.07) is 15.8. The number of amides is 1. The van der Waals surface area contributed by atoms with Crippen LogP contribution >= 0.6 is 11.6 Å². The molecule has 1 amide bonds. The highest BCUT2D eigenvalue weighted by atomic mass is 35.5. The molecule has 0 bridgehead atoms. The molecule has 1 fully saturated rings. The van der Waals surface area contributed by atoms with Gasteiger partial charge in [0.15, 0.2) is 0 Å². The van der Waals surface area contributed by atoms with Crippen LogP contribution < -0.4 is 5.32 Å². The van der Waals surface area contributed by atoms with E-state index in [1.54, 1.807) is 0 Å². The second kappa shape index (κ2) is 9.85. The number of likely N-dealkylation sites (N-methyl/N-ethyl adjacent to an activating group) is 1. The topological polar surface area (TPSA) is 44.8 Å². The first kappa shape index (κ1) is 19.8. The molecule has 1 heterocycles. The lowest BCUT2D eigenvalue weighted by Crippen LogP contribution is -2.35. The molecule has 0 saturated carbocycles. The lowest BCUT2D eigenvalue weighted by Gasteiger charge is -2.26. The summed E-state index contributed by atoms with van der Waals surface area (Å²) in [6.45, 7) is 5.39. The number of morpholine rings is 1. The monoisotopic (exact) mass is 387 g/mol. The molecule has 27 heavy (non-hydrogen) atoms. The van der Waals surface area contributed by atoms with Gasteiger partial charge >= 0.3 is 0 Å². The van der Waals surface area contributed by atoms with Crippen molar-refractivity contribution in [3.63, 3.8) is 0 Å². The highest BCUT2D eigenvalue weighted by Crippen LogP contribution is 2.16. The number of carbonyl (C=O) groups is 1. The van der Waals surface area contributed by atoms with E-state index in [2.05, 4.69) is 22.3 Å². The molecule has 2 aromatic rings. The van der Waals surface area contributed by atoms with Gasteiger partial charge in [-0.2, -0.15) is 0 Å². The number of halogens is 1. The first-order valence-corrected chi connectivity index (χ1v) is 9.59. The summed E-state index contributed by atoms with van der Waals surface area (Å²) in [7, 11) is 1.91. The fourth-order valence-electron chi connectivity index (χ4n) is 3.13. The van der Waals surface area contributed by atoms with Crippen LogP contribution in [-0.4, -0.2) is 55.6 Å². The van der Waals surface area contributed by atoms with E-state index in [1.165, 1.54) is 5.56 Å². The van der Waals surface area contributed by atoms with Crippen molar-refractivity contribution in [1.29, 1.82) is 0 Å². The van der Waals surface area contributed by atoms with Gasteiger partial charge in [-0.3, -0.25) is 14.6 Å². The lowest BCUT2D eigenvalue weighted by molar-refractivity contribution is -0.117. The molecule has 5 nitrogen and oxygen atoms in total. The van der Waals surface area contributed by atoms with Crippen molar-refractivity contribution >= 4 is 23.2 Å². The Morgan fingerprint density at radius 2 is 1.85 bits per heavy atom. The van der Waals surface area contributed by atoms with E-state index in [9.17, 15) is 4.79 Å². The Bertz CT molecular complexity index is 745. The quantitative estimate of drug-likeness (QED) is 0.792. The van der Waals surface area contributed by atoms with Crippen molar-refractivity contribution in [2.45, 2.75) is 13.1 Å². The SMILES string of the molecule is CN(CC(=O)Nc1ccc(CN2CCOCC2)cc1)Cc1ccccc1Cl. The summed E-state index contributed by atoms with van der Waals surface area (Å²) < 4.78 is 5.38. The second-order valence-electron chi connectivity index (χ2n) is 6.90. The van der Waals surface area contributed by atoms with E-state index in [1.807, 2.05) is 48.3 Å². The van der Waals surface area contributed by atoms with Gasteiger partial charge in [0.2, 0.25) is 5.91 Å². The van der Waals surface area contributed by atoms with Crippen molar-refractivity contribution in [3.8, 4) is 0 Å². The predicted molar refractivity (Wildman–Crippen MR) is 109 cm³/mol. The first-order chi connectivity index (χ1) is 13.1. The maximum absolute atomic E-state index is 12.3. The number of hydrogen-bond acceptors (Lipinski definition) is 4. The average molecular weight is 388 g/mol. The zero-order valence-corrected chi connectivity index (χ0v) is 16.4. The Hall–Kier alpha value is -1.92. The largest absolute Gasteiger partial charge is 0.379 e. The van der Waals surface area contributed by atoms with Crippen LogP contribution in [0.1, 0.15) is 11.1 Å². The molecule has 2 aromatic carbocycles. The normalized spacial score (nSPS) is 15.1.